The van der Waals surface area contributed by atoms with Crippen molar-refractivity contribution >= 4 is 28.6 Å². The van der Waals surface area contributed by atoms with Crippen LogP contribution >= 0.6 is 0 Å². The summed E-state index contributed by atoms with van der Waals surface area (Å²) in [5, 5.41) is 0.861. The Kier molecular flexibility index (Phi) is 4.44. The first-order valence-electron chi connectivity index (χ1n) is 9.83. The lowest BCUT2D eigenvalue weighted by atomic mass is 9.84. The number of ketones is 1. The molecule has 2 aromatic heterocycles. The summed E-state index contributed by atoms with van der Waals surface area (Å²) in [5.41, 5.74) is 2.75. The average Bonchev–Trinajstić information content (AvgIpc) is 3.29. The van der Waals surface area contributed by atoms with Crippen LogP contribution in [0.4, 0.5) is 0 Å². The highest BCUT2D eigenvalue weighted by atomic mass is 16.7. The Labute approximate surface area is 177 Å². The highest BCUT2D eigenvalue weighted by molar-refractivity contribution is 6.09. The van der Waals surface area contributed by atoms with Crippen molar-refractivity contribution in [2.24, 2.45) is 5.92 Å². The van der Waals surface area contributed by atoms with Crippen LogP contribution in [0.25, 0.3) is 10.9 Å². The van der Waals surface area contributed by atoms with Crippen molar-refractivity contribution in [3.05, 3.63) is 59.6 Å². The fourth-order valence-corrected chi connectivity index (χ4v) is 4.17. The van der Waals surface area contributed by atoms with Gasteiger partial charge in [0.15, 0.2) is 5.78 Å². The minimum Gasteiger partial charge on any atom is -0.387 e. The Morgan fingerprint density at radius 1 is 1.23 bits per heavy atom. The molecule has 0 amide bonds. The molecule has 2 aliphatic rings. The van der Waals surface area contributed by atoms with Gasteiger partial charge in [-0.15, -0.1) is 11.2 Å². The second-order valence-electron chi connectivity index (χ2n) is 7.44. The summed E-state index contributed by atoms with van der Waals surface area (Å²) in [7, 11) is 0. The van der Waals surface area contributed by atoms with Crippen LogP contribution in [-0.4, -0.2) is 32.0 Å². The number of rotatable bonds is 3. The second kappa shape index (κ2) is 7.29. The van der Waals surface area contributed by atoms with Crippen LogP contribution < -0.4 is 9.57 Å². The first kappa shape index (κ1) is 18.9. The van der Waals surface area contributed by atoms with E-state index in [-0.39, 0.29) is 17.7 Å². The molecule has 1 aliphatic carbocycles. The van der Waals surface area contributed by atoms with Crippen LogP contribution in [0.5, 0.6) is 6.01 Å². The first-order valence-corrected chi connectivity index (χ1v) is 9.83. The van der Waals surface area contributed by atoms with E-state index in [2.05, 4.69) is 10.9 Å². The van der Waals surface area contributed by atoms with Gasteiger partial charge in [-0.2, -0.15) is 4.98 Å². The highest BCUT2D eigenvalue weighted by Crippen LogP contribution is 2.32. The highest BCUT2D eigenvalue weighted by Gasteiger charge is 2.33. The maximum atomic E-state index is 13.4. The molecule has 0 bridgehead atoms. The van der Waals surface area contributed by atoms with Crippen molar-refractivity contribution < 1.29 is 24.0 Å². The molecule has 1 aromatic carbocycles. The van der Waals surface area contributed by atoms with E-state index >= 15 is 0 Å². The number of hydrogen-bond donors (Lipinski definition) is 0. The molecule has 3 aromatic rings. The number of aromatic nitrogens is 3. The second-order valence-corrected chi connectivity index (χ2v) is 7.44. The number of carbonyl (C=O) groups excluding carboxylic acids is 3. The monoisotopic (exact) mass is 415 g/mol. The van der Waals surface area contributed by atoms with Crippen LogP contribution in [0.2, 0.25) is 0 Å². The fraction of sp³-hybridized carbons (Fsp3) is 0.217. The third kappa shape index (κ3) is 3.20. The number of nitrogens with zero attached hydrogens (tertiary/aromatic N) is 3. The van der Waals surface area contributed by atoms with Gasteiger partial charge in [0.2, 0.25) is 0 Å². The molecule has 0 spiro atoms. The van der Waals surface area contributed by atoms with Crippen LogP contribution in [0.3, 0.4) is 0 Å². The first-order chi connectivity index (χ1) is 15.0. The van der Waals surface area contributed by atoms with Crippen molar-refractivity contribution in [1.82, 2.24) is 14.3 Å². The Morgan fingerprint density at radius 3 is 2.87 bits per heavy atom. The van der Waals surface area contributed by atoms with Crippen molar-refractivity contribution in [3.8, 4) is 18.4 Å². The number of terminal acetylenes is 1. The van der Waals surface area contributed by atoms with Crippen LogP contribution in [0.1, 0.15) is 28.2 Å². The van der Waals surface area contributed by atoms with Crippen LogP contribution in [0, 0.1) is 18.3 Å². The Hall–Kier alpha value is -4.12. The van der Waals surface area contributed by atoms with Gasteiger partial charge in [-0.3, -0.25) is 4.79 Å². The van der Waals surface area contributed by atoms with E-state index in [4.69, 9.17) is 16.0 Å². The number of esters is 1. The third-order valence-electron chi connectivity index (χ3n) is 5.57. The lowest BCUT2D eigenvalue weighted by Crippen LogP contribution is -2.27. The predicted octanol–water partition coefficient (Wildman–Crippen LogP) is 1.89. The summed E-state index contributed by atoms with van der Waals surface area (Å²) < 4.78 is 8.19. The van der Waals surface area contributed by atoms with Crippen LogP contribution in [0.15, 0.2) is 42.6 Å². The van der Waals surface area contributed by atoms with Gasteiger partial charge in [0.25, 0.3) is 0 Å². The van der Waals surface area contributed by atoms with Crippen molar-refractivity contribution in [2.45, 2.75) is 25.8 Å². The molecule has 31 heavy (non-hydrogen) atoms. The zero-order chi connectivity index (χ0) is 21.5. The number of ether oxygens (including phenoxy) is 1. The van der Waals surface area contributed by atoms with Gasteiger partial charge in [0, 0.05) is 47.2 Å². The summed E-state index contributed by atoms with van der Waals surface area (Å²) in [5.74, 6) is 0.912. The van der Waals surface area contributed by atoms with Crippen molar-refractivity contribution in [1.29, 1.82) is 0 Å². The van der Waals surface area contributed by atoms with E-state index < -0.39 is 11.9 Å². The average molecular weight is 415 g/mol. The number of para-hydroxylation sites is 1. The maximum Gasteiger partial charge on any atom is 0.356 e. The topological polar surface area (TPSA) is 92.4 Å². The van der Waals surface area contributed by atoms with Gasteiger partial charge in [0.05, 0.1) is 17.9 Å². The molecule has 8 heteroatoms. The lowest BCUT2D eigenvalue weighted by Gasteiger charge is -2.21. The molecule has 0 saturated carbocycles. The van der Waals surface area contributed by atoms with E-state index in [0.717, 1.165) is 27.8 Å². The molecule has 0 radical (unpaired) electrons. The molecular formula is C23H17N3O5. The molecule has 154 valence electrons. The van der Waals surface area contributed by atoms with E-state index in [0.29, 0.717) is 42.8 Å². The zero-order valence-corrected chi connectivity index (χ0v) is 16.4. The molecule has 3 heterocycles. The molecule has 1 unspecified atom stereocenters. The molecule has 0 N–H and O–H groups in total. The zero-order valence-electron chi connectivity index (χ0n) is 16.4. The van der Waals surface area contributed by atoms with Gasteiger partial charge < -0.3 is 14.1 Å². The molecule has 1 aliphatic heterocycles. The van der Waals surface area contributed by atoms with Crippen LogP contribution in [-0.2, 0) is 29.0 Å². The van der Waals surface area contributed by atoms with E-state index in [1.807, 2.05) is 35.0 Å². The quantitative estimate of drug-likeness (QED) is 0.369. The summed E-state index contributed by atoms with van der Waals surface area (Å²) in [4.78, 5) is 46.6. The number of imidazole rings is 1. The third-order valence-corrected chi connectivity index (χ3v) is 5.57. The smallest absolute Gasteiger partial charge is 0.356 e. The summed E-state index contributed by atoms with van der Waals surface area (Å²) in [6, 6.07) is 7.55. The SMILES string of the molecule is C#CCn1cc(C(=O)C2CCc3c(nc4n3OC(=O)/C=C/C(=O)O4)C2)c2ccccc21. The fourth-order valence-electron chi connectivity index (χ4n) is 4.17. The van der Waals surface area contributed by atoms with Gasteiger partial charge in [-0.1, -0.05) is 24.1 Å². The van der Waals surface area contributed by atoms with Gasteiger partial charge in [-0.25, -0.2) is 9.59 Å². The Bertz CT molecular complexity index is 1320. The van der Waals surface area contributed by atoms with E-state index in [1.165, 1.54) is 0 Å². The van der Waals surface area contributed by atoms with Gasteiger partial charge in [0.1, 0.15) is 0 Å². The number of Topliss-reactive ketones (excluding diaryl/α,β-unsaturated/α-hetero) is 1. The number of benzene rings is 1. The Balaban J connectivity index is 1.47. The number of carbonyl (C=O) groups is 3. The summed E-state index contributed by atoms with van der Waals surface area (Å²) >= 11 is 0. The number of hydrogen-bond acceptors (Lipinski definition) is 6. The lowest BCUT2D eigenvalue weighted by molar-refractivity contribution is -0.143. The minimum atomic E-state index is -0.714. The predicted molar refractivity (Wildman–Crippen MR) is 109 cm³/mol. The van der Waals surface area contributed by atoms with Crippen molar-refractivity contribution in [3.63, 3.8) is 0 Å². The van der Waals surface area contributed by atoms with Gasteiger partial charge in [-0.05, 0) is 18.9 Å². The Morgan fingerprint density at radius 2 is 2.03 bits per heavy atom. The van der Waals surface area contributed by atoms with Gasteiger partial charge >= 0.3 is 17.9 Å². The maximum absolute atomic E-state index is 13.4. The standard InChI is InChI=1S/C23H17N3O5/c1-2-11-25-13-16(15-5-3-4-6-18(15)25)22(29)14-7-8-19-17(12-14)24-23-26(19)31-21(28)10-9-20(27)30-23/h1,3-6,9-10,13-14H,7-8,11-12H2/b10-9+. The molecule has 0 saturated heterocycles. The molecule has 8 nitrogen and oxygen atoms in total. The summed E-state index contributed by atoms with van der Waals surface area (Å²) in [6.45, 7) is 0.376. The molecule has 0 fully saturated rings. The summed E-state index contributed by atoms with van der Waals surface area (Å²) in [6.07, 6.45) is 10.6. The normalized spacial score (nSPS) is 18.7. The van der Waals surface area contributed by atoms with Crippen molar-refractivity contribution in [2.75, 3.05) is 0 Å². The number of fused-ring (bicyclic) bond motifs is 4. The van der Waals surface area contributed by atoms with E-state index in [9.17, 15) is 14.4 Å². The largest absolute Gasteiger partial charge is 0.387 e. The van der Waals surface area contributed by atoms with E-state index in [1.54, 1.807) is 0 Å². The molecule has 1 atom stereocenters. The molecular weight excluding hydrogens is 398 g/mol. The minimum absolute atomic E-state index is 0.00805. The molecule has 5 rings (SSSR count).